The van der Waals surface area contributed by atoms with Crippen molar-refractivity contribution < 1.29 is 4.74 Å². The first-order chi connectivity index (χ1) is 7.65. The van der Waals surface area contributed by atoms with Gasteiger partial charge in [-0.25, -0.2) is 0 Å². The molecular weight excluding hydrogens is 198 g/mol. The summed E-state index contributed by atoms with van der Waals surface area (Å²) in [6.45, 7) is 5.97. The van der Waals surface area contributed by atoms with Crippen LogP contribution in [0.25, 0.3) is 0 Å². The topological polar surface area (TPSA) is 35.2 Å². The van der Waals surface area contributed by atoms with E-state index in [1.165, 1.54) is 5.56 Å². The second kappa shape index (κ2) is 4.46. The van der Waals surface area contributed by atoms with Gasteiger partial charge in [-0.15, -0.1) is 0 Å². The summed E-state index contributed by atoms with van der Waals surface area (Å²) in [5, 5.41) is 0. The van der Waals surface area contributed by atoms with E-state index in [9.17, 15) is 0 Å². The summed E-state index contributed by atoms with van der Waals surface area (Å²) < 4.78 is 5.85. The van der Waals surface area contributed by atoms with Gasteiger partial charge in [-0.2, -0.15) is 0 Å². The maximum atomic E-state index is 5.96. The molecule has 0 bridgehead atoms. The van der Waals surface area contributed by atoms with Crippen molar-refractivity contribution >= 4 is 0 Å². The van der Waals surface area contributed by atoms with Gasteiger partial charge in [0.25, 0.3) is 0 Å². The Balaban J connectivity index is 2.21. The quantitative estimate of drug-likeness (QED) is 0.848. The molecule has 16 heavy (non-hydrogen) atoms. The van der Waals surface area contributed by atoms with E-state index in [1.54, 1.807) is 0 Å². The highest BCUT2D eigenvalue weighted by molar-refractivity contribution is 5.36. The summed E-state index contributed by atoms with van der Waals surface area (Å²) in [5.74, 6) is 1.70. The first kappa shape index (κ1) is 11.5. The van der Waals surface area contributed by atoms with Crippen molar-refractivity contribution in [1.29, 1.82) is 0 Å². The molecular formula is C14H21NO. The Morgan fingerprint density at radius 2 is 2.12 bits per heavy atom. The molecule has 2 rings (SSSR count). The molecule has 0 aliphatic carbocycles. The van der Waals surface area contributed by atoms with Gasteiger partial charge >= 0.3 is 0 Å². The molecule has 0 saturated carbocycles. The summed E-state index contributed by atoms with van der Waals surface area (Å²) in [4.78, 5) is 0. The van der Waals surface area contributed by atoms with Crippen LogP contribution in [0.5, 0.6) is 5.75 Å². The molecule has 0 saturated heterocycles. The minimum absolute atomic E-state index is 0.141. The normalized spacial score (nSPS) is 24.0. The van der Waals surface area contributed by atoms with Crippen LogP contribution in [0, 0.1) is 11.3 Å². The zero-order valence-corrected chi connectivity index (χ0v) is 10.2. The van der Waals surface area contributed by atoms with E-state index in [1.807, 2.05) is 12.1 Å². The third-order valence-corrected chi connectivity index (χ3v) is 3.35. The van der Waals surface area contributed by atoms with Crippen LogP contribution in [-0.4, -0.2) is 13.2 Å². The fraction of sp³-hybridized carbons (Fsp3) is 0.571. The second-order valence-corrected chi connectivity index (χ2v) is 5.38. The van der Waals surface area contributed by atoms with E-state index in [-0.39, 0.29) is 5.41 Å². The minimum Gasteiger partial charge on any atom is -0.493 e. The number of ether oxygens (including phenoxy) is 1. The van der Waals surface area contributed by atoms with Crippen molar-refractivity contribution in [3.8, 4) is 5.75 Å². The van der Waals surface area contributed by atoms with Crippen molar-refractivity contribution in [1.82, 2.24) is 0 Å². The molecule has 2 heteroatoms. The van der Waals surface area contributed by atoms with Gasteiger partial charge in [0.1, 0.15) is 5.75 Å². The van der Waals surface area contributed by atoms with Gasteiger partial charge in [0.15, 0.2) is 0 Å². The van der Waals surface area contributed by atoms with Crippen LogP contribution in [0.15, 0.2) is 24.3 Å². The second-order valence-electron chi connectivity index (χ2n) is 5.38. The van der Waals surface area contributed by atoms with Crippen LogP contribution in [0.4, 0.5) is 0 Å². The smallest absolute Gasteiger partial charge is 0.122 e. The van der Waals surface area contributed by atoms with Crippen LogP contribution in [0.1, 0.15) is 25.8 Å². The highest BCUT2D eigenvalue weighted by atomic mass is 16.5. The third kappa shape index (κ3) is 2.22. The van der Waals surface area contributed by atoms with Crippen molar-refractivity contribution in [2.45, 2.75) is 26.7 Å². The van der Waals surface area contributed by atoms with Crippen molar-refractivity contribution in [2.24, 2.45) is 17.1 Å². The maximum Gasteiger partial charge on any atom is 0.122 e. The van der Waals surface area contributed by atoms with Gasteiger partial charge in [0, 0.05) is 12.0 Å². The van der Waals surface area contributed by atoms with E-state index in [4.69, 9.17) is 10.5 Å². The standard InChI is InChI=1S/C14H21NO/c1-11(2)7-14(9-15)8-12-5-3-4-6-13(12)16-10-14/h3-6,11H,7-10,15H2,1-2H3. The zero-order chi connectivity index (χ0) is 11.6. The van der Waals surface area contributed by atoms with E-state index < -0.39 is 0 Å². The van der Waals surface area contributed by atoms with Gasteiger partial charge < -0.3 is 10.5 Å². The Morgan fingerprint density at radius 1 is 1.38 bits per heavy atom. The molecule has 0 aromatic heterocycles. The lowest BCUT2D eigenvalue weighted by atomic mass is 9.74. The predicted molar refractivity (Wildman–Crippen MR) is 66.6 cm³/mol. The summed E-state index contributed by atoms with van der Waals surface area (Å²) in [5.41, 5.74) is 7.41. The minimum atomic E-state index is 0.141. The SMILES string of the molecule is CC(C)CC1(CN)COc2ccccc2C1. The van der Waals surface area contributed by atoms with E-state index >= 15 is 0 Å². The number of hydrogen-bond acceptors (Lipinski definition) is 2. The molecule has 1 unspecified atom stereocenters. The summed E-state index contributed by atoms with van der Waals surface area (Å²) >= 11 is 0. The summed E-state index contributed by atoms with van der Waals surface area (Å²) in [7, 11) is 0. The Morgan fingerprint density at radius 3 is 2.81 bits per heavy atom. The van der Waals surface area contributed by atoms with Gasteiger partial charge in [-0.3, -0.25) is 0 Å². The van der Waals surface area contributed by atoms with Gasteiger partial charge in [-0.05, 0) is 30.4 Å². The van der Waals surface area contributed by atoms with E-state index in [0.29, 0.717) is 12.5 Å². The Kier molecular flexibility index (Phi) is 3.20. The van der Waals surface area contributed by atoms with E-state index in [2.05, 4.69) is 26.0 Å². The molecule has 2 nitrogen and oxygen atoms in total. The van der Waals surface area contributed by atoms with E-state index in [0.717, 1.165) is 25.2 Å². The summed E-state index contributed by atoms with van der Waals surface area (Å²) in [6.07, 6.45) is 2.19. The highest BCUT2D eigenvalue weighted by Crippen LogP contribution is 2.37. The Labute approximate surface area is 97.8 Å². The molecule has 1 heterocycles. The molecule has 0 spiro atoms. The van der Waals surface area contributed by atoms with Crippen molar-refractivity contribution in [2.75, 3.05) is 13.2 Å². The van der Waals surface area contributed by atoms with Gasteiger partial charge in [-0.1, -0.05) is 32.0 Å². The molecule has 1 atom stereocenters. The lowest BCUT2D eigenvalue weighted by Crippen LogP contribution is -2.42. The first-order valence-electron chi connectivity index (χ1n) is 6.06. The number of rotatable bonds is 3. The Hall–Kier alpha value is -1.02. The number of para-hydroxylation sites is 1. The monoisotopic (exact) mass is 219 g/mol. The van der Waals surface area contributed by atoms with Crippen molar-refractivity contribution in [3.05, 3.63) is 29.8 Å². The van der Waals surface area contributed by atoms with Crippen LogP contribution in [0.3, 0.4) is 0 Å². The number of benzene rings is 1. The van der Waals surface area contributed by atoms with Crippen LogP contribution >= 0.6 is 0 Å². The van der Waals surface area contributed by atoms with Crippen LogP contribution in [0.2, 0.25) is 0 Å². The number of hydrogen-bond donors (Lipinski definition) is 1. The molecule has 0 fully saturated rings. The molecule has 1 aromatic carbocycles. The fourth-order valence-electron chi connectivity index (χ4n) is 2.69. The van der Waals surface area contributed by atoms with Gasteiger partial charge in [0.05, 0.1) is 6.61 Å². The number of nitrogens with two attached hydrogens (primary N) is 1. The molecule has 88 valence electrons. The van der Waals surface area contributed by atoms with Gasteiger partial charge in [0.2, 0.25) is 0 Å². The average Bonchev–Trinajstić information content (AvgIpc) is 2.28. The maximum absolute atomic E-state index is 5.96. The third-order valence-electron chi connectivity index (χ3n) is 3.35. The molecule has 0 amide bonds. The first-order valence-corrected chi connectivity index (χ1v) is 6.06. The van der Waals surface area contributed by atoms with Crippen LogP contribution in [-0.2, 0) is 6.42 Å². The molecule has 1 aromatic rings. The number of fused-ring (bicyclic) bond motifs is 1. The lowest BCUT2D eigenvalue weighted by Gasteiger charge is -2.38. The fourth-order valence-corrected chi connectivity index (χ4v) is 2.69. The zero-order valence-electron chi connectivity index (χ0n) is 10.2. The molecule has 2 N–H and O–H groups in total. The average molecular weight is 219 g/mol. The summed E-state index contributed by atoms with van der Waals surface area (Å²) in [6, 6.07) is 8.30. The molecule has 1 aliphatic heterocycles. The molecule has 1 aliphatic rings. The Bertz CT molecular complexity index is 362. The van der Waals surface area contributed by atoms with Crippen molar-refractivity contribution in [3.63, 3.8) is 0 Å². The predicted octanol–water partition coefficient (Wildman–Crippen LogP) is 2.61. The molecule has 0 radical (unpaired) electrons. The largest absolute Gasteiger partial charge is 0.493 e. The lowest BCUT2D eigenvalue weighted by molar-refractivity contribution is 0.103. The highest BCUT2D eigenvalue weighted by Gasteiger charge is 2.35. The van der Waals surface area contributed by atoms with Crippen LogP contribution < -0.4 is 10.5 Å².